The minimum atomic E-state index is -0.280. The lowest BCUT2D eigenvalue weighted by atomic mass is 9.77. The Morgan fingerprint density at radius 3 is 2.68 bits per heavy atom. The van der Waals surface area contributed by atoms with Crippen LogP contribution in [0, 0.1) is 0 Å². The molecule has 2 rings (SSSR count). The number of anilines is 2. The number of carbonyl (C=O) groups excluding carboxylic acids is 1. The average molecular weight is 264 g/mol. The number of hydrogen-bond donors (Lipinski definition) is 2. The summed E-state index contributed by atoms with van der Waals surface area (Å²) in [7, 11) is 3.22. The number of nitrogen functional groups attached to an aromatic ring is 1. The van der Waals surface area contributed by atoms with E-state index in [2.05, 4.69) is 5.32 Å². The molecule has 1 aromatic carbocycles. The zero-order valence-corrected chi connectivity index (χ0v) is 11.4. The SMILES string of the molecule is COc1ccc(N)cc1NC(=O)CC1(OC)CCC1. The molecule has 1 aliphatic carbocycles. The predicted molar refractivity (Wildman–Crippen MR) is 74.2 cm³/mol. The van der Waals surface area contributed by atoms with Gasteiger partial charge in [0.25, 0.3) is 0 Å². The van der Waals surface area contributed by atoms with Gasteiger partial charge in [0.15, 0.2) is 0 Å². The van der Waals surface area contributed by atoms with E-state index in [0.29, 0.717) is 23.5 Å². The second-order valence-electron chi connectivity index (χ2n) is 4.93. The number of rotatable bonds is 5. The highest BCUT2D eigenvalue weighted by molar-refractivity contribution is 5.93. The van der Waals surface area contributed by atoms with Gasteiger partial charge in [-0.3, -0.25) is 4.79 Å². The number of hydrogen-bond acceptors (Lipinski definition) is 4. The van der Waals surface area contributed by atoms with Gasteiger partial charge in [0, 0.05) is 12.8 Å². The third kappa shape index (κ3) is 2.98. The normalized spacial score (nSPS) is 16.5. The van der Waals surface area contributed by atoms with Crippen molar-refractivity contribution in [3.05, 3.63) is 18.2 Å². The van der Waals surface area contributed by atoms with Gasteiger partial charge in [0.2, 0.25) is 5.91 Å². The second kappa shape index (κ2) is 5.48. The summed E-state index contributed by atoms with van der Waals surface area (Å²) in [6.07, 6.45) is 3.35. The van der Waals surface area contributed by atoms with E-state index in [1.807, 2.05) is 0 Å². The summed E-state index contributed by atoms with van der Waals surface area (Å²) in [5, 5.41) is 2.84. The number of benzene rings is 1. The molecule has 1 amide bonds. The average Bonchev–Trinajstić information content (AvgIpc) is 2.34. The predicted octanol–water partition coefficient (Wildman–Crippen LogP) is 2.18. The Labute approximate surface area is 113 Å². The zero-order chi connectivity index (χ0) is 13.9. The Morgan fingerprint density at radius 1 is 1.42 bits per heavy atom. The van der Waals surface area contributed by atoms with Crippen LogP contribution in [0.15, 0.2) is 18.2 Å². The number of methoxy groups -OCH3 is 2. The van der Waals surface area contributed by atoms with Crippen molar-refractivity contribution in [3.63, 3.8) is 0 Å². The van der Waals surface area contributed by atoms with Gasteiger partial charge < -0.3 is 20.5 Å². The van der Waals surface area contributed by atoms with E-state index < -0.39 is 0 Å². The highest BCUT2D eigenvalue weighted by Crippen LogP contribution is 2.38. The number of ether oxygens (including phenoxy) is 2. The van der Waals surface area contributed by atoms with E-state index >= 15 is 0 Å². The maximum absolute atomic E-state index is 12.1. The van der Waals surface area contributed by atoms with Gasteiger partial charge in [-0.1, -0.05) is 0 Å². The van der Waals surface area contributed by atoms with Crippen molar-refractivity contribution >= 4 is 17.3 Å². The molecule has 1 saturated carbocycles. The van der Waals surface area contributed by atoms with E-state index in [9.17, 15) is 4.79 Å². The molecule has 0 bridgehead atoms. The van der Waals surface area contributed by atoms with Crippen LogP contribution in [0.5, 0.6) is 5.75 Å². The fourth-order valence-electron chi connectivity index (χ4n) is 2.33. The van der Waals surface area contributed by atoms with Crippen LogP contribution in [0.3, 0.4) is 0 Å². The van der Waals surface area contributed by atoms with Crippen molar-refractivity contribution in [1.29, 1.82) is 0 Å². The first-order valence-corrected chi connectivity index (χ1v) is 6.37. The molecule has 0 spiro atoms. The third-order valence-corrected chi connectivity index (χ3v) is 3.68. The molecule has 3 N–H and O–H groups in total. The third-order valence-electron chi connectivity index (χ3n) is 3.68. The van der Waals surface area contributed by atoms with Gasteiger partial charge in [0.1, 0.15) is 5.75 Å². The van der Waals surface area contributed by atoms with Gasteiger partial charge in [-0.2, -0.15) is 0 Å². The Balaban J connectivity index is 2.04. The molecule has 5 heteroatoms. The number of amides is 1. The van der Waals surface area contributed by atoms with Crippen LogP contribution in [0.4, 0.5) is 11.4 Å². The van der Waals surface area contributed by atoms with Crippen molar-refractivity contribution in [1.82, 2.24) is 0 Å². The molecule has 0 atom stereocenters. The summed E-state index contributed by atoms with van der Waals surface area (Å²) < 4.78 is 10.6. The van der Waals surface area contributed by atoms with Gasteiger partial charge in [-0.15, -0.1) is 0 Å². The van der Waals surface area contributed by atoms with E-state index in [0.717, 1.165) is 19.3 Å². The topological polar surface area (TPSA) is 73.6 Å². The largest absolute Gasteiger partial charge is 0.495 e. The highest BCUT2D eigenvalue weighted by Gasteiger charge is 2.39. The van der Waals surface area contributed by atoms with Gasteiger partial charge in [-0.25, -0.2) is 0 Å². The number of nitrogens with two attached hydrogens (primary N) is 1. The van der Waals surface area contributed by atoms with Crippen molar-refractivity contribution in [2.45, 2.75) is 31.3 Å². The van der Waals surface area contributed by atoms with Gasteiger partial charge >= 0.3 is 0 Å². The first kappa shape index (κ1) is 13.7. The molecule has 1 aliphatic rings. The van der Waals surface area contributed by atoms with E-state index in [4.69, 9.17) is 15.2 Å². The Kier molecular flexibility index (Phi) is 3.95. The minimum Gasteiger partial charge on any atom is -0.495 e. The van der Waals surface area contributed by atoms with Crippen molar-refractivity contribution in [2.24, 2.45) is 0 Å². The second-order valence-corrected chi connectivity index (χ2v) is 4.93. The summed E-state index contributed by atoms with van der Waals surface area (Å²) in [6.45, 7) is 0. The summed E-state index contributed by atoms with van der Waals surface area (Å²) >= 11 is 0. The Morgan fingerprint density at radius 2 is 2.16 bits per heavy atom. The molecule has 0 radical (unpaired) electrons. The van der Waals surface area contributed by atoms with Crippen LogP contribution < -0.4 is 15.8 Å². The lowest BCUT2D eigenvalue weighted by Crippen LogP contribution is -2.42. The van der Waals surface area contributed by atoms with Gasteiger partial charge in [0.05, 0.1) is 24.8 Å². The van der Waals surface area contributed by atoms with Gasteiger partial charge in [-0.05, 0) is 37.5 Å². The van der Waals surface area contributed by atoms with Crippen LogP contribution in [-0.2, 0) is 9.53 Å². The molecule has 19 heavy (non-hydrogen) atoms. The molecular formula is C14H20N2O3. The molecule has 0 saturated heterocycles. The van der Waals surface area contributed by atoms with Crippen LogP contribution in [0.25, 0.3) is 0 Å². The molecule has 0 aromatic heterocycles. The molecule has 5 nitrogen and oxygen atoms in total. The molecular weight excluding hydrogens is 244 g/mol. The molecule has 0 heterocycles. The first-order valence-electron chi connectivity index (χ1n) is 6.37. The van der Waals surface area contributed by atoms with Crippen molar-refractivity contribution in [2.75, 3.05) is 25.3 Å². The van der Waals surface area contributed by atoms with Crippen LogP contribution in [-0.4, -0.2) is 25.7 Å². The Hall–Kier alpha value is -1.75. The molecule has 1 fully saturated rings. The van der Waals surface area contributed by atoms with Crippen molar-refractivity contribution < 1.29 is 14.3 Å². The summed E-state index contributed by atoms with van der Waals surface area (Å²) in [6, 6.07) is 5.16. The standard InChI is InChI=1S/C14H20N2O3/c1-18-12-5-4-10(15)8-11(12)16-13(17)9-14(19-2)6-3-7-14/h4-5,8H,3,6-7,9,15H2,1-2H3,(H,16,17). The highest BCUT2D eigenvalue weighted by atomic mass is 16.5. The minimum absolute atomic E-state index is 0.0783. The summed E-state index contributed by atoms with van der Waals surface area (Å²) in [5.41, 5.74) is 6.62. The molecule has 0 unspecified atom stereocenters. The monoisotopic (exact) mass is 264 g/mol. The Bertz CT molecular complexity index is 464. The molecule has 104 valence electrons. The maximum Gasteiger partial charge on any atom is 0.227 e. The van der Waals surface area contributed by atoms with E-state index in [1.165, 1.54) is 0 Å². The maximum atomic E-state index is 12.1. The quantitative estimate of drug-likeness (QED) is 0.799. The summed E-state index contributed by atoms with van der Waals surface area (Å²) in [5.74, 6) is 0.521. The van der Waals surface area contributed by atoms with Crippen molar-refractivity contribution in [3.8, 4) is 5.75 Å². The smallest absolute Gasteiger partial charge is 0.227 e. The van der Waals surface area contributed by atoms with Crippen LogP contribution in [0.1, 0.15) is 25.7 Å². The number of nitrogens with one attached hydrogen (secondary N) is 1. The number of carbonyl (C=O) groups is 1. The van der Waals surface area contributed by atoms with E-state index in [-0.39, 0.29) is 11.5 Å². The lowest BCUT2D eigenvalue weighted by Gasteiger charge is -2.39. The van der Waals surface area contributed by atoms with Crippen LogP contribution in [0.2, 0.25) is 0 Å². The summed E-state index contributed by atoms with van der Waals surface area (Å²) in [4.78, 5) is 12.1. The molecule has 1 aromatic rings. The molecule has 0 aliphatic heterocycles. The first-order chi connectivity index (χ1) is 9.08. The van der Waals surface area contributed by atoms with Crippen LogP contribution >= 0.6 is 0 Å². The zero-order valence-electron chi connectivity index (χ0n) is 11.4. The van der Waals surface area contributed by atoms with E-state index in [1.54, 1.807) is 32.4 Å². The fourth-order valence-corrected chi connectivity index (χ4v) is 2.33. The fraction of sp³-hybridized carbons (Fsp3) is 0.500. The lowest BCUT2D eigenvalue weighted by molar-refractivity contribution is -0.129.